The SMILES string of the molecule is CC(C)(C)[Si](C)(C)OCCn1nc(C(=O)N2CCCC2)c2ccccc21. The van der Waals surface area contributed by atoms with Crippen molar-refractivity contribution < 1.29 is 9.22 Å². The molecule has 5 nitrogen and oxygen atoms in total. The van der Waals surface area contributed by atoms with Crippen molar-refractivity contribution in [3.05, 3.63) is 30.0 Å². The number of rotatable bonds is 5. The van der Waals surface area contributed by atoms with Gasteiger partial charge in [-0.05, 0) is 37.0 Å². The van der Waals surface area contributed by atoms with Gasteiger partial charge in [-0.1, -0.05) is 39.0 Å². The van der Waals surface area contributed by atoms with Crippen LogP contribution in [0, 0.1) is 0 Å². The number of fused-ring (bicyclic) bond motifs is 1. The van der Waals surface area contributed by atoms with Crippen LogP contribution in [0.1, 0.15) is 44.1 Å². The van der Waals surface area contributed by atoms with Gasteiger partial charge in [0, 0.05) is 18.5 Å². The molecule has 6 heteroatoms. The molecule has 1 amide bonds. The molecule has 1 aromatic carbocycles. The zero-order valence-corrected chi connectivity index (χ0v) is 17.7. The highest BCUT2D eigenvalue weighted by molar-refractivity contribution is 6.74. The van der Waals surface area contributed by atoms with Gasteiger partial charge in [-0.25, -0.2) is 0 Å². The molecule has 0 N–H and O–H groups in total. The average molecular weight is 374 g/mol. The van der Waals surface area contributed by atoms with Gasteiger partial charge < -0.3 is 9.33 Å². The number of carbonyl (C=O) groups is 1. The number of likely N-dealkylation sites (tertiary alicyclic amines) is 1. The first kappa shape index (κ1) is 19.1. The van der Waals surface area contributed by atoms with E-state index in [0.29, 0.717) is 18.8 Å². The molecule has 142 valence electrons. The summed E-state index contributed by atoms with van der Waals surface area (Å²) in [4.78, 5) is 14.8. The molecule has 1 aliphatic rings. The van der Waals surface area contributed by atoms with Crippen LogP contribution in [0.2, 0.25) is 18.1 Å². The second-order valence-electron chi connectivity index (χ2n) is 8.70. The fourth-order valence-electron chi connectivity index (χ4n) is 3.13. The van der Waals surface area contributed by atoms with Gasteiger partial charge in [0.25, 0.3) is 5.91 Å². The largest absolute Gasteiger partial charge is 0.415 e. The Bertz CT molecular complexity index is 786. The highest BCUT2D eigenvalue weighted by Crippen LogP contribution is 2.36. The molecule has 1 aromatic heterocycles. The van der Waals surface area contributed by atoms with E-state index >= 15 is 0 Å². The zero-order valence-electron chi connectivity index (χ0n) is 16.7. The standard InChI is InChI=1S/C20H31N3O2Si/c1-20(2,3)26(4,5)25-15-14-23-17-11-7-6-10-16(17)18(21-23)19(24)22-12-8-9-13-22/h6-7,10-11H,8-9,12-15H2,1-5H3. The third kappa shape index (κ3) is 3.71. The number of aromatic nitrogens is 2. The van der Waals surface area contributed by atoms with Crippen molar-refractivity contribution in [1.82, 2.24) is 14.7 Å². The molecule has 0 aliphatic carbocycles. The summed E-state index contributed by atoms with van der Waals surface area (Å²) in [5.74, 6) is 0.0581. The van der Waals surface area contributed by atoms with E-state index in [0.717, 1.165) is 36.8 Å². The number of para-hydroxylation sites is 1. The predicted octanol–water partition coefficient (Wildman–Crippen LogP) is 4.29. The maximum Gasteiger partial charge on any atom is 0.275 e. The Labute approximate surface area is 157 Å². The van der Waals surface area contributed by atoms with Gasteiger partial charge in [-0.15, -0.1) is 0 Å². The maximum atomic E-state index is 12.9. The van der Waals surface area contributed by atoms with Gasteiger partial charge in [-0.3, -0.25) is 9.48 Å². The van der Waals surface area contributed by atoms with Gasteiger partial charge in [0.05, 0.1) is 18.7 Å². The minimum Gasteiger partial charge on any atom is -0.415 e. The number of benzene rings is 1. The molecule has 2 heterocycles. The van der Waals surface area contributed by atoms with Crippen LogP contribution in [-0.4, -0.2) is 48.6 Å². The topological polar surface area (TPSA) is 47.4 Å². The van der Waals surface area contributed by atoms with Gasteiger partial charge in [0.2, 0.25) is 0 Å². The van der Waals surface area contributed by atoms with Crippen LogP contribution >= 0.6 is 0 Å². The number of nitrogens with zero attached hydrogens (tertiary/aromatic N) is 3. The van der Waals surface area contributed by atoms with Crippen LogP contribution in [0.15, 0.2) is 24.3 Å². The van der Waals surface area contributed by atoms with Crippen LogP contribution in [0.4, 0.5) is 0 Å². The van der Waals surface area contributed by atoms with Crippen LogP contribution in [0.5, 0.6) is 0 Å². The first-order chi connectivity index (χ1) is 12.2. The van der Waals surface area contributed by atoms with E-state index in [4.69, 9.17) is 4.43 Å². The normalized spacial score (nSPS) is 15.8. The first-order valence-corrected chi connectivity index (χ1v) is 12.5. The molecule has 0 bridgehead atoms. The molecule has 1 fully saturated rings. The monoisotopic (exact) mass is 373 g/mol. The van der Waals surface area contributed by atoms with Gasteiger partial charge in [-0.2, -0.15) is 5.10 Å². The fraction of sp³-hybridized carbons (Fsp3) is 0.600. The lowest BCUT2D eigenvalue weighted by molar-refractivity contribution is 0.0787. The van der Waals surface area contributed by atoms with Gasteiger partial charge in [0.15, 0.2) is 14.0 Å². The van der Waals surface area contributed by atoms with Gasteiger partial charge >= 0.3 is 0 Å². The summed E-state index contributed by atoms with van der Waals surface area (Å²) in [6.45, 7) is 14.2. The summed E-state index contributed by atoms with van der Waals surface area (Å²) in [6.07, 6.45) is 2.18. The lowest BCUT2D eigenvalue weighted by Crippen LogP contribution is -2.41. The predicted molar refractivity (Wildman–Crippen MR) is 108 cm³/mol. The van der Waals surface area contributed by atoms with Crippen molar-refractivity contribution in [2.45, 2.75) is 58.3 Å². The van der Waals surface area contributed by atoms with Crippen molar-refractivity contribution in [3.8, 4) is 0 Å². The molecule has 0 atom stereocenters. The third-order valence-corrected chi connectivity index (χ3v) is 10.4. The Balaban J connectivity index is 1.80. The minimum atomic E-state index is -1.78. The van der Waals surface area contributed by atoms with E-state index in [-0.39, 0.29) is 10.9 Å². The fourth-order valence-corrected chi connectivity index (χ4v) is 4.16. The van der Waals surface area contributed by atoms with E-state index < -0.39 is 8.32 Å². The summed E-state index contributed by atoms with van der Waals surface area (Å²) in [6, 6.07) is 8.01. The highest BCUT2D eigenvalue weighted by Gasteiger charge is 2.37. The number of amides is 1. The van der Waals surface area contributed by atoms with E-state index in [1.54, 1.807) is 0 Å². The van der Waals surface area contributed by atoms with Crippen LogP contribution < -0.4 is 0 Å². The zero-order chi connectivity index (χ0) is 18.9. The Morgan fingerprint density at radius 3 is 2.50 bits per heavy atom. The number of hydrogen-bond donors (Lipinski definition) is 0. The second kappa shape index (κ2) is 7.16. The molecule has 0 radical (unpaired) electrons. The third-order valence-electron chi connectivity index (χ3n) is 5.83. The molecular weight excluding hydrogens is 342 g/mol. The maximum absolute atomic E-state index is 12.9. The first-order valence-electron chi connectivity index (χ1n) is 9.59. The minimum absolute atomic E-state index is 0.0581. The van der Waals surface area contributed by atoms with Crippen molar-refractivity contribution in [2.75, 3.05) is 19.7 Å². The van der Waals surface area contributed by atoms with E-state index in [1.165, 1.54) is 0 Å². The molecule has 0 saturated carbocycles. The summed E-state index contributed by atoms with van der Waals surface area (Å²) < 4.78 is 8.24. The molecular formula is C20H31N3O2Si. The second-order valence-corrected chi connectivity index (χ2v) is 13.5. The van der Waals surface area contributed by atoms with Gasteiger partial charge in [0.1, 0.15) is 0 Å². The summed E-state index contributed by atoms with van der Waals surface area (Å²) >= 11 is 0. The van der Waals surface area contributed by atoms with Crippen LogP contribution in [-0.2, 0) is 11.0 Å². The molecule has 26 heavy (non-hydrogen) atoms. The summed E-state index contributed by atoms with van der Waals surface area (Å²) in [7, 11) is -1.78. The Morgan fingerprint density at radius 1 is 1.19 bits per heavy atom. The van der Waals surface area contributed by atoms with E-state index in [1.807, 2.05) is 33.8 Å². The quantitative estimate of drug-likeness (QED) is 0.734. The lowest BCUT2D eigenvalue weighted by atomic mass is 10.2. The van der Waals surface area contributed by atoms with Crippen molar-refractivity contribution in [1.29, 1.82) is 0 Å². The summed E-state index contributed by atoms with van der Waals surface area (Å²) in [5.41, 5.74) is 1.59. The van der Waals surface area contributed by atoms with Crippen molar-refractivity contribution in [3.63, 3.8) is 0 Å². The van der Waals surface area contributed by atoms with Crippen molar-refractivity contribution >= 4 is 25.1 Å². The Morgan fingerprint density at radius 2 is 1.85 bits per heavy atom. The van der Waals surface area contributed by atoms with Crippen LogP contribution in [0.3, 0.4) is 0 Å². The number of hydrogen-bond acceptors (Lipinski definition) is 3. The average Bonchev–Trinajstić information content (AvgIpc) is 3.21. The Hall–Kier alpha value is -1.66. The van der Waals surface area contributed by atoms with Crippen molar-refractivity contribution in [2.24, 2.45) is 0 Å². The summed E-state index contributed by atoms with van der Waals surface area (Å²) in [5, 5.41) is 5.81. The smallest absolute Gasteiger partial charge is 0.275 e. The molecule has 1 saturated heterocycles. The molecule has 0 unspecified atom stereocenters. The molecule has 3 rings (SSSR count). The molecule has 0 spiro atoms. The van der Waals surface area contributed by atoms with E-state index in [9.17, 15) is 4.79 Å². The van der Waals surface area contributed by atoms with E-state index in [2.05, 4.69) is 39.0 Å². The Kier molecular flexibility index (Phi) is 5.26. The van der Waals surface area contributed by atoms with Crippen LogP contribution in [0.25, 0.3) is 10.9 Å². The number of carbonyl (C=O) groups excluding carboxylic acids is 1. The molecule has 1 aliphatic heterocycles. The molecule has 2 aromatic rings. The lowest BCUT2D eigenvalue weighted by Gasteiger charge is -2.36. The highest BCUT2D eigenvalue weighted by atomic mass is 28.4.